The molecule has 3 aromatic rings. The van der Waals surface area contributed by atoms with E-state index in [1.807, 2.05) is 13.0 Å². The van der Waals surface area contributed by atoms with E-state index in [-0.39, 0.29) is 16.9 Å². The van der Waals surface area contributed by atoms with Gasteiger partial charge in [-0.1, -0.05) is 18.2 Å². The van der Waals surface area contributed by atoms with Crippen LogP contribution < -0.4 is 5.32 Å². The molecule has 0 heterocycles. The van der Waals surface area contributed by atoms with Crippen LogP contribution in [0.3, 0.4) is 0 Å². The third-order valence-corrected chi connectivity index (χ3v) is 3.76. The van der Waals surface area contributed by atoms with Gasteiger partial charge in [-0.3, -0.25) is 4.79 Å². The number of carbonyl (C=O) groups excluding carboxylic acids is 1. The average molecular weight is 339 g/mol. The average Bonchev–Trinajstić information content (AvgIpc) is 2.55. The number of anilines is 1. The molecule has 0 fully saturated rings. The summed E-state index contributed by atoms with van der Waals surface area (Å²) in [7, 11) is 0. The van der Waals surface area contributed by atoms with Gasteiger partial charge in [-0.2, -0.15) is 0 Å². The zero-order chi connectivity index (χ0) is 18.0. The molecule has 25 heavy (non-hydrogen) atoms. The molecular weight excluding hydrogens is 324 g/mol. The number of halogens is 2. The van der Waals surface area contributed by atoms with Crippen LogP contribution in [0.25, 0.3) is 11.1 Å². The molecule has 5 heteroatoms. The topological polar surface area (TPSA) is 49.3 Å². The van der Waals surface area contributed by atoms with Gasteiger partial charge in [0.25, 0.3) is 5.91 Å². The van der Waals surface area contributed by atoms with Gasteiger partial charge >= 0.3 is 0 Å². The van der Waals surface area contributed by atoms with E-state index in [4.69, 9.17) is 0 Å². The lowest BCUT2D eigenvalue weighted by Crippen LogP contribution is -2.12. The minimum atomic E-state index is -0.740. The van der Waals surface area contributed by atoms with Crippen molar-refractivity contribution in [2.75, 3.05) is 5.32 Å². The number of aryl methyl sites for hydroxylation is 1. The second-order valence-corrected chi connectivity index (χ2v) is 5.68. The lowest BCUT2D eigenvalue weighted by molar-refractivity contribution is 0.102. The normalized spacial score (nSPS) is 10.5. The van der Waals surface area contributed by atoms with E-state index in [0.717, 1.165) is 17.7 Å². The van der Waals surface area contributed by atoms with Crippen LogP contribution in [0.1, 0.15) is 15.9 Å². The van der Waals surface area contributed by atoms with E-state index in [1.165, 1.54) is 24.3 Å². The highest BCUT2D eigenvalue weighted by Gasteiger charge is 2.15. The number of phenolic OH excluding ortho intramolecular Hbond substituents is 1. The first kappa shape index (κ1) is 16.6. The molecule has 0 aliphatic rings. The predicted molar refractivity (Wildman–Crippen MR) is 92.6 cm³/mol. The van der Waals surface area contributed by atoms with E-state index >= 15 is 0 Å². The van der Waals surface area contributed by atoms with Crippen molar-refractivity contribution in [3.63, 3.8) is 0 Å². The Morgan fingerprint density at radius 2 is 1.80 bits per heavy atom. The van der Waals surface area contributed by atoms with Crippen LogP contribution in [-0.4, -0.2) is 11.0 Å². The maximum Gasteiger partial charge on any atom is 0.259 e. The SMILES string of the molecule is Cc1cccc(NC(=O)c2cc(-c3ccc(F)cc3F)ccc2O)c1. The number of benzene rings is 3. The molecule has 0 aromatic heterocycles. The number of hydrogen-bond acceptors (Lipinski definition) is 2. The van der Waals surface area contributed by atoms with Gasteiger partial charge in [-0.05, 0) is 54.4 Å². The molecule has 0 bridgehead atoms. The highest BCUT2D eigenvalue weighted by molar-refractivity contribution is 6.06. The Hall–Kier alpha value is -3.21. The minimum absolute atomic E-state index is 0.00253. The van der Waals surface area contributed by atoms with Crippen molar-refractivity contribution >= 4 is 11.6 Å². The maximum absolute atomic E-state index is 14.0. The van der Waals surface area contributed by atoms with Gasteiger partial charge in [0.2, 0.25) is 0 Å². The minimum Gasteiger partial charge on any atom is -0.507 e. The third-order valence-electron chi connectivity index (χ3n) is 3.76. The molecular formula is C20H15F2NO2. The second kappa shape index (κ2) is 6.73. The number of hydrogen-bond donors (Lipinski definition) is 2. The van der Waals surface area contributed by atoms with Crippen LogP contribution in [0.15, 0.2) is 60.7 Å². The van der Waals surface area contributed by atoms with Crippen molar-refractivity contribution < 1.29 is 18.7 Å². The van der Waals surface area contributed by atoms with Gasteiger partial charge in [0.05, 0.1) is 5.56 Å². The highest BCUT2D eigenvalue weighted by atomic mass is 19.1. The van der Waals surface area contributed by atoms with Crippen molar-refractivity contribution in [3.8, 4) is 16.9 Å². The molecule has 0 aliphatic heterocycles. The molecule has 3 rings (SSSR count). The van der Waals surface area contributed by atoms with Crippen LogP contribution >= 0.6 is 0 Å². The number of rotatable bonds is 3. The summed E-state index contributed by atoms with van der Waals surface area (Å²) in [6.45, 7) is 1.89. The van der Waals surface area contributed by atoms with Crippen LogP contribution in [0.2, 0.25) is 0 Å². The zero-order valence-electron chi connectivity index (χ0n) is 13.4. The van der Waals surface area contributed by atoms with Gasteiger partial charge in [0, 0.05) is 17.3 Å². The van der Waals surface area contributed by atoms with Gasteiger partial charge in [0.15, 0.2) is 0 Å². The number of amides is 1. The van der Waals surface area contributed by atoms with E-state index in [0.29, 0.717) is 11.3 Å². The standard InChI is InChI=1S/C20H15F2NO2/c1-12-3-2-4-15(9-12)23-20(25)17-10-13(5-8-19(17)24)16-7-6-14(21)11-18(16)22/h2-11,24H,1H3,(H,23,25). The summed E-state index contributed by atoms with van der Waals surface area (Å²) in [4.78, 5) is 12.4. The van der Waals surface area contributed by atoms with Crippen LogP contribution in [-0.2, 0) is 0 Å². The first-order valence-electron chi connectivity index (χ1n) is 7.60. The Bertz CT molecular complexity index is 954. The monoisotopic (exact) mass is 339 g/mol. The quantitative estimate of drug-likeness (QED) is 0.713. The Morgan fingerprint density at radius 3 is 2.52 bits per heavy atom. The van der Waals surface area contributed by atoms with Crippen molar-refractivity contribution in [1.82, 2.24) is 0 Å². The Kier molecular flexibility index (Phi) is 4.48. The lowest BCUT2D eigenvalue weighted by Gasteiger charge is -2.10. The lowest BCUT2D eigenvalue weighted by atomic mass is 10.0. The summed E-state index contributed by atoms with van der Waals surface area (Å²) in [5.74, 6) is -2.17. The first-order valence-corrected chi connectivity index (χ1v) is 7.60. The van der Waals surface area contributed by atoms with Crippen molar-refractivity contribution in [2.45, 2.75) is 6.92 Å². The molecule has 0 spiro atoms. The third kappa shape index (κ3) is 3.66. The highest BCUT2D eigenvalue weighted by Crippen LogP contribution is 2.29. The fraction of sp³-hybridized carbons (Fsp3) is 0.0500. The summed E-state index contributed by atoms with van der Waals surface area (Å²) in [6, 6.07) is 14.6. The van der Waals surface area contributed by atoms with E-state index in [9.17, 15) is 18.7 Å². The van der Waals surface area contributed by atoms with Gasteiger partial charge in [0.1, 0.15) is 17.4 Å². The molecule has 0 saturated heterocycles. The predicted octanol–water partition coefficient (Wildman–Crippen LogP) is 4.90. The van der Waals surface area contributed by atoms with Crippen molar-refractivity contribution in [2.24, 2.45) is 0 Å². The van der Waals surface area contributed by atoms with Crippen LogP contribution in [0.5, 0.6) is 5.75 Å². The fourth-order valence-corrected chi connectivity index (χ4v) is 2.53. The summed E-state index contributed by atoms with van der Waals surface area (Å²) in [5, 5.41) is 12.7. The first-order chi connectivity index (χ1) is 11.9. The molecule has 1 amide bonds. The van der Waals surface area contributed by atoms with Crippen LogP contribution in [0.4, 0.5) is 14.5 Å². The van der Waals surface area contributed by atoms with Gasteiger partial charge in [-0.25, -0.2) is 8.78 Å². The summed E-state index contributed by atoms with van der Waals surface area (Å²) in [6.07, 6.45) is 0. The fourth-order valence-electron chi connectivity index (χ4n) is 2.53. The molecule has 3 aromatic carbocycles. The number of carbonyl (C=O) groups is 1. The van der Waals surface area contributed by atoms with E-state index in [2.05, 4.69) is 5.32 Å². The Balaban J connectivity index is 1.95. The maximum atomic E-state index is 14.0. The van der Waals surface area contributed by atoms with E-state index < -0.39 is 17.5 Å². The largest absolute Gasteiger partial charge is 0.507 e. The van der Waals surface area contributed by atoms with Crippen LogP contribution in [0, 0.1) is 18.6 Å². The zero-order valence-corrected chi connectivity index (χ0v) is 13.4. The molecule has 2 N–H and O–H groups in total. The number of aromatic hydroxyl groups is 1. The van der Waals surface area contributed by atoms with Crippen molar-refractivity contribution in [1.29, 1.82) is 0 Å². The van der Waals surface area contributed by atoms with Gasteiger partial charge < -0.3 is 10.4 Å². The second-order valence-electron chi connectivity index (χ2n) is 5.68. The molecule has 0 saturated carbocycles. The molecule has 3 nitrogen and oxygen atoms in total. The van der Waals surface area contributed by atoms with E-state index in [1.54, 1.807) is 18.2 Å². The molecule has 0 unspecified atom stereocenters. The summed E-state index contributed by atoms with van der Waals surface area (Å²) >= 11 is 0. The smallest absolute Gasteiger partial charge is 0.259 e. The van der Waals surface area contributed by atoms with Crippen molar-refractivity contribution in [3.05, 3.63) is 83.4 Å². The summed E-state index contributed by atoms with van der Waals surface area (Å²) < 4.78 is 27.0. The Labute approximate surface area is 143 Å². The molecule has 126 valence electrons. The molecule has 0 aliphatic carbocycles. The number of nitrogens with one attached hydrogen (secondary N) is 1. The molecule has 0 radical (unpaired) electrons. The van der Waals surface area contributed by atoms with Gasteiger partial charge in [-0.15, -0.1) is 0 Å². The number of phenols is 1. The molecule has 0 atom stereocenters. The Morgan fingerprint density at radius 1 is 1.00 bits per heavy atom. The summed E-state index contributed by atoms with van der Waals surface area (Å²) in [5.41, 5.74) is 2.07.